The molecule has 5 nitrogen and oxygen atoms in total. The highest BCUT2D eigenvalue weighted by Crippen LogP contribution is 2.26. The summed E-state index contributed by atoms with van der Waals surface area (Å²) in [7, 11) is 0. The second-order valence-corrected chi connectivity index (χ2v) is 5.59. The van der Waals surface area contributed by atoms with Gasteiger partial charge in [-0.1, -0.05) is 32.3 Å². The molecule has 0 spiro atoms. The van der Waals surface area contributed by atoms with Gasteiger partial charge in [0.2, 0.25) is 0 Å². The molecule has 0 aliphatic heterocycles. The summed E-state index contributed by atoms with van der Waals surface area (Å²) in [6, 6.07) is -0.836. The summed E-state index contributed by atoms with van der Waals surface area (Å²) in [4.78, 5) is 23.0. The van der Waals surface area contributed by atoms with Crippen molar-refractivity contribution in [3.63, 3.8) is 0 Å². The fourth-order valence-electron chi connectivity index (χ4n) is 2.59. The van der Waals surface area contributed by atoms with Gasteiger partial charge in [-0.3, -0.25) is 0 Å². The zero-order chi connectivity index (χ0) is 15.0. The molecule has 114 valence electrons. The molecule has 0 aromatic rings. The third-order valence-corrected chi connectivity index (χ3v) is 3.73. The van der Waals surface area contributed by atoms with Crippen molar-refractivity contribution < 1.29 is 19.4 Å². The van der Waals surface area contributed by atoms with Crippen LogP contribution in [0.25, 0.3) is 0 Å². The zero-order valence-corrected chi connectivity index (χ0v) is 12.1. The Labute approximate surface area is 120 Å². The molecule has 2 atom stereocenters. The summed E-state index contributed by atoms with van der Waals surface area (Å²) >= 11 is 0. The average Bonchev–Trinajstić information content (AvgIpc) is 2.43. The van der Waals surface area contributed by atoms with Crippen LogP contribution in [0.4, 0.5) is 4.79 Å². The molecule has 0 heterocycles. The molecule has 0 aromatic heterocycles. The lowest BCUT2D eigenvalue weighted by molar-refractivity contribution is -0.141. The summed E-state index contributed by atoms with van der Waals surface area (Å²) in [6.45, 7) is 5.85. The lowest BCUT2D eigenvalue weighted by Gasteiger charge is -2.27. The first-order valence-corrected chi connectivity index (χ1v) is 7.31. The number of aliphatic carboxylic acids is 1. The van der Waals surface area contributed by atoms with Gasteiger partial charge in [0.05, 0.1) is 6.61 Å². The van der Waals surface area contributed by atoms with E-state index in [1.54, 1.807) is 6.08 Å². The maximum absolute atomic E-state index is 11.7. The van der Waals surface area contributed by atoms with Gasteiger partial charge in [-0.05, 0) is 31.1 Å². The van der Waals surface area contributed by atoms with Crippen LogP contribution in [0, 0.1) is 11.8 Å². The van der Waals surface area contributed by atoms with Crippen LogP contribution < -0.4 is 5.32 Å². The van der Waals surface area contributed by atoms with E-state index in [2.05, 4.69) is 11.9 Å². The predicted molar refractivity (Wildman–Crippen MR) is 76.5 cm³/mol. The van der Waals surface area contributed by atoms with E-state index < -0.39 is 18.1 Å². The molecule has 0 radical (unpaired) electrons. The molecule has 0 unspecified atom stereocenters. The van der Waals surface area contributed by atoms with E-state index >= 15 is 0 Å². The quantitative estimate of drug-likeness (QED) is 0.704. The molecular formula is C15H25NO4. The highest BCUT2D eigenvalue weighted by molar-refractivity contribution is 5.80. The van der Waals surface area contributed by atoms with E-state index in [9.17, 15) is 14.7 Å². The van der Waals surface area contributed by atoms with E-state index in [1.807, 2.05) is 6.92 Å². The molecular weight excluding hydrogens is 258 g/mol. The van der Waals surface area contributed by atoms with Crippen molar-refractivity contribution in [3.8, 4) is 0 Å². The lowest BCUT2D eigenvalue weighted by atomic mass is 9.84. The molecule has 1 saturated carbocycles. The topological polar surface area (TPSA) is 75.6 Å². The highest BCUT2D eigenvalue weighted by atomic mass is 16.5. The molecule has 1 aliphatic rings. The number of carbonyl (C=O) groups is 2. The SMILES string of the molecule is C=CC[C@@H](C)COC(=O)N[C@H](C(=O)O)C1CCCCC1. The smallest absolute Gasteiger partial charge is 0.407 e. The minimum Gasteiger partial charge on any atom is -0.480 e. The number of carboxylic acid groups (broad SMARTS) is 1. The first-order valence-electron chi connectivity index (χ1n) is 7.31. The van der Waals surface area contributed by atoms with Crippen molar-refractivity contribution in [2.45, 2.75) is 51.5 Å². The van der Waals surface area contributed by atoms with Gasteiger partial charge in [-0.15, -0.1) is 6.58 Å². The van der Waals surface area contributed by atoms with Crippen molar-refractivity contribution >= 4 is 12.1 Å². The summed E-state index contributed by atoms with van der Waals surface area (Å²) in [5, 5.41) is 11.7. The van der Waals surface area contributed by atoms with Gasteiger partial charge < -0.3 is 15.2 Å². The Morgan fingerprint density at radius 3 is 2.60 bits per heavy atom. The van der Waals surface area contributed by atoms with Crippen molar-refractivity contribution in [1.29, 1.82) is 0 Å². The minimum absolute atomic E-state index is 0.0133. The van der Waals surface area contributed by atoms with E-state index in [0.717, 1.165) is 38.5 Å². The highest BCUT2D eigenvalue weighted by Gasteiger charge is 2.31. The fraction of sp³-hybridized carbons (Fsp3) is 0.733. The van der Waals surface area contributed by atoms with Gasteiger partial charge >= 0.3 is 12.1 Å². The molecule has 1 amide bonds. The third kappa shape index (κ3) is 5.63. The van der Waals surface area contributed by atoms with Crippen LogP contribution in [0.15, 0.2) is 12.7 Å². The molecule has 2 N–H and O–H groups in total. The molecule has 1 rings (SSSR count). The number of nitrogens with one attached hydrogen (secondary N) is 1. The summed E-state index contributed by atoms with van der Waals surface area (Å²) in [6.07, 6.45) is 6.80. The fourth-order valence-corrected chi connectivity index (χ4v) is 2.59. The van der Waals surface area contributed by atoms with Crippen LogP contribution in [-0.4, -0.2) is 29.8 Å². The Balaban J connectivity index is 2.42. The Morgan fingerprint density at radius 1 is 1.40 bits per heavy atom. The Kier molecular flexibility index (Phi) is 7.12. The largest absolute Gasteiger partial charge is 0.480 e. The molecule has 20 heavy (non-hydrogen) atoms. The molecule has 1 fully saturated rings. The lowest BCUT2D eigenvalue weighted by Crippen LogP contribution is -2.47. The van der Waals surface area contributed by atoms with Gasteiger partial charge in [-0.25, -0.2) is 9.59 Å². The van der Waals surface area contributed by atoms with E-state index in [4.69, 9.17) is 4.74 Å². The Hall–Kier alpha value is -1.52. The molecule has 5 heteroatoms. The molecule has 0 aromatic carbocycles. The van der Waals surface area contributed by atoms with Crippen LogP contribution in [-0.2, 0) is 9.53 Å². The number of carbonyl (C=O) groups excluding carboxylic acids is 1. The number of amides is 1. The van der Waals surface area contributed by atoms with E-state index in [0.29, 0.717) is 0 Å². The molecule has 0 bridgehead atoms. The van der Waals surface area contributed by atoms with Crippen LogP contribution in [0.2, 0.25) is 0 Å². The summed E-state index contributed by atoms with van der Waals surface area (Å²) in [5.41, 5.74) is 0. The third-order valence-electron chi connectivity index (χ3n) is 3.73. The number of alkyl carbamates (subject to hydrolysis) is 1. The number of hydrogen-bond donors (Lipinski definition) is 2. The average molecular weight is 283 g/mol. The first kappa shape index (κ1) is 16.5. The number of ether oxygens (including phenoxy) is 1. The van der Waals surface area contributed by atoms with Crippen molar-refractivity contribution in [3.05, 3.63) is 12.7 Å². The normalized spacial score (nSPS) is 18.9. The monoisotopic (exact) mass is 283 g/mol. The first-order chi connectivity index (χ1) is 9.54. The maximum Gasteiger partial charge on any atom is 0.407 e. The van der Waals surface area contributed by atoms with Crippen LogP contribution in [0.3, 0.4) is 0 Å². The second-order valence-electron chi connectivity index (χ2n) is 5.59. The predicted octanol–water partition coefficient (Wildman–Crippen LogP) is 2.96. The van der Waals surface area contributed by atoms with Gasteiger partial charge in [0.25, 0.3) is 0 Å². The second kappa shape index (κ2) is 8.61. The van der Waals surface area contributed by atoms with Gasteiger partial charge in [0.15, 0.2) is 0 Å². The minimum atomic E-state index is -0.979. The number of hydrogen-bond acceptors (Lipinski definition) is 3. The Bertz CT molecular complexity index is 337. The number of rotatable bonds is 7. The van der Waals surface area contributed by atoms with Gasteiger partial charge in [-0.2, -0.15) is 0 Å². The van der Waals surface area contributed by atoms with Crippen LogP contribution in [0.5, 0.6) is 0 Å². The molecule has 0 saturated heterocycles. The maximum atomic E-state index is 11.7. The van der Waals surface area contributed by atoms with Crippen LogP contribution in [0.1, 0.15) is 45.4 Å². The van der Waals surface area contributed by atoms with E-state index in [-0.39, 0.29) is 18.4 Å². The number of carboxylic acids is 1. The molecule has 1 aliphatic carbocycles. The van der Waals surface area contributed by atoms with Crippen LogP contribution >= 0.6 is 0 Å². The van der Waals surface area contributed by atoms with Gasteiger partial charge in [0, 0.05) is 0 Å². The van der Waals surface area contributed by atoms with Crippen molar-refractivity contribution in [2.75, 3.05) is 6.61 Å². The number of allylic oxidation sites excluding steroid dienone is 1. The standard InChI is InChI=1S/C15H25NO4/c1-3-7-11(2)10-20-15(19)16-13(14(17)18)12-8-5-4-6-9-12/h3,11-13H,1,4-10H2,2H3,(H,16,19)(H,17,18)/t11-,13+/m1/s1. The van der Waals surface area contributed by atoms with Gasteiger partial charge in [0.1, 0.15) is 6.04 Å². The summed E-state index contributed by atoms with van der Waals surface area (Å²) in [5.74, 6) is -0.774. The summed E-state index contributed by atoms with van der Waals surface area (Å²) < 4.78 is 5.07. The zero-order valence-electron chi connectivity index (χ0n) is 12.1. The van der Waals surface area contributed by atoms with E-state index in [1.165, 1.54) is 0 Å². The van der Waals surface area contributed by atoms with Crippen molar-refractivity contribution in [2.24, 2.45) is 11.8 Å². The Morgan fingerprint density at radius 2 is 2.05 bits per heavy atom. The van der Waals surface area contributed by atoms with Crippen molar-refractivity contribution in [1.82, 2.24) is 5.32 Å².